The summed E-state index contributed by atoms with van der Waals surface area (Å²) in [6.45, 7) is 2.44. The van der Waals surface area contributed by atoms with E-state index in [9.17, 15) is 18.0 Å². The zero-order valence-corrected chi connectivity index (χ0v) is 12.0. The first-order valence-electron chi connectivity index (χ1n) is 5.90. The zero-order chi connectivity index (χ0) is 14.5. The largest absolute Gasteiger partial charge is 0.416 e. The fourth-order valence-electron chi connectivity index (χ4n) is 1.52. The van der Waals surface area contributed by atoms with Gasteiger partial charge in [-0.05, 0) is 31.0 Å². The fourth-order valence-corrected chi connectivity index (χ4v) is 1.85. The average molecular weight is 338 g/mol. The molecule has 6 heteroatoms. The third kappa shape index (κ3) is 5.63. The summed E-state index contributed by atoms with van der Waals surface area (Å²) < 4.78 is 37.5. The molecule has 0 aromatic heterocycles. The number of nitrogens with one attached hydrogen (secondary N) is 1. The van der Waals surface area contributed by atoms with Crippen molar-refractivity contribution in [3.63, 3.8) is 0 Å². The predicted octanol–water partition coefficient (Wildman–Crippen LogP) is 4.00. The molecule has 0 radical (unpaired) electrons. The lowest BCUT2D eigenvalue weighted by atomic mass is 10.1. The zero-order valence-electron chi connectivity index (χ0n) is 10.4. The molecule has 0 heterocycles. The molecule has 19 heavy (non-hydrogen) atoms. The standard InChI is InChI=1S/C13H15BrF3NO/c1-9(14)4-3-7-18-12(19)10-5-2-6-11(8-10)13(15,16)17/h2,5-6,8-9H,3-4,7H2,1H3,(H,18,19). The molecule has 0 aliphatic rings. The molecule has 1 atom stereocenters. The Morgan fingerprint density at radius 2 is 2.11 bits per heavy atom. The van der Waals surface area contributed by atoms with Gasteiger partial charge in [0.2, 0.25) is 0 Å². The molecular formula is C13H15BrF3NO. The summed E-state index contributed by atoms with van der Waals surface area (Å²) in [5, 5.41) is 2.61. The highest BCUT2D eigenvalue weighted by Crippen LogP contribution is 2.29. The van der Waals surface area contributed by atoms with Crippen molar-refractivity contribution in [2.45, 2.75) is 30.8 Å². The van der Waals surface area contributed by atoms with Gasteiger partial charge in [-0.3, -0.25) is 4.79 Å². The number of alkyl halides is 4. The minimum Gasteiger partial charge on any atom is -0.352 e. The van der Waals surface area contributed by atoms with E-state index in [1.807, 2.05) is 6.92 Å². The average Bonchev–Trinajstić information content (AvgIpc) is 2.33. The van der Waals surface area contributed by atoms with Gasteiger partial charge in [0.15, 0.2) is 0 Å². The minimum absolute atomic E-state index is 0.0294. The van der Waals surface area contributed by atoms with Gasteiger partial charge in [0.1, 0.15) is 0 Å². The lowest BCUT2D eigenvalue weighted by molar-refractivity contribution is -0.137. The van der Waals surface area contributed by atoms with E-state index < -0.39 is 17.6 Å². The quantitative estimate of drug-likeness (QED) is 0.638. The summed E-state index contributed by atoms with van der Waals surface area (Å²) in [6, 6.07) is 4.42. The van der Waals surface area contributed by atoms with Crippen molar-refractivity contribution >= 4 is 21.8 Å². The molecule has 1 aromatic carbocycles. The lowest BCUT2D eigenvalue weighted by Gasteiger charge is -2.09. The van der Waals surface area contributed by atoms with Crippen molar-refractivity contribution < 1.29 is 18.0 Å². The maximum Gasteiger partial charge on any atom is 0.416 e. The summed E-state index contributed by atoms with van der Waals surface area (Å²) in [5.41, 5.74) is -0.782. The van der Waals surface area contributed by atoms with E-state index in [1.165, 1.54) is 12.1 Å². The SMILES string of the molecule is CC(Br)CCCNC(=O)c1cccc(C(F)(F)F)c1. The predicted molar refractivity (Wildman–Crippen MR) is 71.4 cm³/mol. The van der Waals surface area contributed by atoms with Crippen LogP contribution in [0.5, 0.6) is 0 Å². The van der Waals surface area contributed by atoms with E-state index in [4.69, 9.17) is 0 Å². The normalized spacial score (nSPS) is 13.1. The number of carbonyl (C=O) groups is 1. The van der Waals surface area contributed by atoms with Crippen molar-refractivity contribution in [1.29, 1.82) is 0 Å². The molecule has 0 aliphatic carbocycles. The van der Waals surface area contributed by atoms with Crippen LogP contribution in [0.4, 0.5) is 13.2 Å². The first kappa shape index (κ1) is 16.0. The third-order valence-corrected chi connectivity index (χ3v) is 2.97. The number of halogens is 4. The van der Waals surface area contributed by atoms with Crippen molar-refractivity contribution in [2.24, 2.45) is 0 Å². The van der Waals surface area contributed by atoms with Crippen LogP contribution >= 0.6 is 15.9 Å². The number of carbonyl (C=O) groups excluding carboxylic acids is 1. The van der Waals surface area contributed by atoms with Crippen molar-refractivity contribution in [3.8, 4) is 0 Å². The van der Waals surface area contributed by atoms with E-state index in [-0.39, 0.29) is 5.56 Å². The second-order valence-electron chi connectivity index (χ2n) is 4.26. The topological polar surface area (TPSA) is 29.1 Å². The Kier molecular flexibility index (Phi) is 5.85. The number of hydrogen-bond donors (Lipinski definition) is 1. The van der Waals surface area contributed by atoms with Crippen LogP contribution < -0.4 is 5.32 Å². The van der Waals surface area contributed by atoms with Gasteiger partial charge < -0.3 is 5.32 Å². The summed E-state index contributed by atoms with van der Waals surface area (Å²) in [6.07, 6.45) is -2.76. The highest BCUT2D eigenvalue weighted by Gasteiger charge is 2.30. The van der Waals surface area contributed by atoms with Crippen molar-refractivity contribution in [3.05, 3.63) is 35.4 Å². The van der Waals surface area contributed by atoms with Gasteiger partial charge in [0.05, 0.1) is 5.56 Å². The Morgan fingerprint density at radius 3 is 2.68 bits per heavy atom. The van der Waals surface area contributed by atoms with Crippen LogP contribution in [-0.4, -0.2) is 17.3 Å². The smallest absolute Gasteiger partial charge is 0.352 e. The molecule has 0 spiro atoms. The highest BCUT2D eigenvalue weighted by atomic mass is 79.9. The van der Waals surface area contributed by atoms with Crippen LogP contribution in [0.3, 0.4) is 0 Å². The van der Waals surface area contributed by atoms with Gasteiger partial charge in [-0.15, -0.1) is 0 Å². The molecule has 2 nitrogen and oxygen atoms in total. The minimum atomic E-state index is -4.43. The molecule has 1 unspecified atom stereocenters. The molecule has 1 amide bonds. The van der Waals surface area contributed by atoms with Crippen LogP contribution in [0, 0.1) is 0 Å². The summed E-state index contributed by atoms with van der Waals surface area (Å²) >= 11 is 3.38. The van der Waals surface area contributed by atoms with E-state index in [1.54, 1.807) is 0 Å². The number of benzene rings is 1. The van der Waals surface area contributed by atoms with Gasteiger partial charge in [-0.25, -0.2) is 0 Å². The molecule has 1 rings (SSSR count). The Morgan fingerprint density at radius 1 is 1.42 bits per heavy atom. The Bertz CT molecular complexity index is 432. The van der Waals surface area contributed by atoms with Gasteiger partial charge in [-0.2, -0.15) is 13.2 Å². The summed E-state index contributed by atoms with van der Waals surface area (Å²) in [4.78, 5) is 12.0. The highest BCUT2D eigenvalue weighted by molar-refractivity contribution is 9.09. The van der Waals surface area contributed by atoms with Crippen LogP contribution in [-0.2, 0) is 6.18 Å². The molecule has 0 bridgehead atoms. The van der Waals surface area contributed by atoms with Crippen LogP contribution in [0.15, 0.2) is 24.3 Å². The molecule has 0 fully saturated rings. The van der Waals surface area contributed by atoms with Crippen LogP contribution in [0.2, 0.25) is 0 Å². The Hall–Kier alpha value is -1.04. The molecule has 1 aromatic rings. The number of hydrogen-bond acceptors (Lipinski definition) is 1. The van der Waals surface area contributed by atoms with Gasteiger partial charge in [0, 0.05) is 16.9 Å². The first-order valence-corrected chi connectivity index (χ1v) is 6.82. The van der Waals surface area contributed by atoms with Crippen LogP contribution in [0.25, 0.3) is 0 Å². The summed E-state index contributed by atoms with van der Waals surface area (Å²) in [5.74, 6) is -0.478. The summed E-state index contributed by atoms with van der Waals surface area (Å²) in [7, 11) is 0. The van der Waals surface area contributed by atoms with Crippen molar-refractivity contribution in [2.75, 3.05) is 6.54 Å². The van der Waals surface area contributed by atoms with Crippen molar-refractivity contribution in [1.82, 2.24) is 5.32 Å². The van der Waals surface area contributed by atoms with E-state index in [2.05, 4.69) is 21.2 Å². The second-order valence-corrected chi connectivity index (χ2v) is 5.82. The second kappa shape index (κ2) is 6.93. The maximum atomic E-state index is 12.5. The fraction of sp³-hybridized carbons (Fsp3) is 0.462. The molecule has 0 aliphatic heterocycles. The monoisotopic (exact) mass is 337 g/mol. The Labute approximate surface area is 118 Å². The van der Waals surface area contributed by atoms with E-state index in [0.717, 1.165) is 25.0 Å². The van der Waals surface area contributed by atoms with Gasteiger partial charge in [0.25, 0.3) is 5.91 Å². The van der Waals surface area contributed by atoms with Crippen LogP contribution in [0.1, 0.15) is 35.7 Å². The van der Waals surface area contributed by atoms with Gasteiger partial charge in [-0.1, -0.05) is 28.9 Å². The van der Waals surface area contributed by atoms with E-state index >= 15 is 0 Å². The van der Waals surface area contributed by atoms with Gasteiger partial charge >= 0.3 is 6.18 Å². The van der Waals surface area contributed by atoms with E-state index in [0.29, 0.717) is 11.4 Å². The molecule has 1 N–H and O–H groups in total. The third-order valence-electron chi connectivity index (χ3n) is 2.52. The Balaban J connectivity index is 2.58. The lowest BCUT2D eigenvalue weighted by Crippen LogP contribution is -2.25. The molecule has 0 saturated heterocycles. The number of amides is 1. The maximum absolute atomic E-state index is 12.5. The number of rotatable bonds is 5. The molecular weight excluding hydrogens is 323 g/mol. The molecule has 106 valence electrons. The first-order chi connectivity index (χ1) is 8.80. The molecule has 0 saturated carbocycles.